The zero-order valence-electron chi connectivity index (χ0n) is 29.6. The number of rotatable bonds is 11. The molecular formula is C39H56ClFN4O. The van der Waals surface area contributed by atoms with E-state index in [1.807, 2.05) is 27.0 Å². The van der Waals surface area contributed by atoms with Crippen molar-refractivity contribution in [3.05, 3.63) is 73.9 Å². The molecule has 0 spiro atoms. The van der Waals surface area contributed by atoms with E-state index < -0.39 is 0 Å². The van der Waals surface area contributed by atoms with Gasteiger partial charge in [0.2, 0.25) is 0 Å². The van der Waals surface area contributed by atoms with Gasteiger partial charge >= 0.3 is 0 Å². The first-order valence-electron chi connectivity index (χ1n) is 17.3. The van der Waals surface area contributed by atoms with Crippen LogP contribution in [0.25, 0.3) is 16.7 Å². The summed E-state index contributed by atoms with van der Waals surface area (Å²) in [4.78, 5) is 7.31. The molecule has 0 atom stereocenters. The van der Waals surface area contributed by atoms with Crippen LogP contribution in [0, 0.1) is 31.0 Å². The summed E-state index contributed by atoms with van der Waals surface area (Å²) in [5, 5.41) is 10.7. The molecule has 7 heteroatoms. The molecule has 0 aromatic heterocycles. The third-order valence-electron chi connectivity index (χ3n) is 8.46. The monoisotopic (exact) mass is 650 g/mol. The maximum Gasteiger partial charge on any atom is 0.126 e. The fourth-order valence-electron chi connectivity index (χ4n) is 5.62. The predicted molar refractivity (Wildman–Crippen MR) is 194 cm³/mol. The number of allylic oxidation sites excluding steroid dienone is 3. The highest BCUT2D eigenvalue weighted by Gasteiger charge is 2.28. The highest BCUT2D eigenvalue weighted by Crippen LogP contribution is 2.45. The third kappa shape index (κ3) is 9.46. The Morgan fingerprint density at radius 1 is 1.02 bits per heavy atom. The van der Waals surface area contributed by atoms with Crippen molar-refractivity contribution in [3.63, 3.8) is 0 Å². The van der Waals surface area contributed by atoms with Crippen molar-refractivity contribution in [1.82, 2.24) is 4.90 Å². The molecule has 4 rings (SSSR count). The molecule has 2 aromatic rings. The van der Waals surface area contributed by atoms with Gasteiger partial charge in [-0.25, -0.2) is 9.38 Å². The van der Waals surface area contributed by atoms with Crippen LogP contribution >= 0.6 is 11.6 Å². The lowest BCUT2D eigenvalue weighted by molar-refractivity contribution is 0.134. The van der Waals surface area contributed by atoms with Gasteiger partial charge in [0.25, 0.3) is 0 Å². The number of hydrogen-bond acceptors (Lipinski definition) is 5. The lowest BCUT2D eigenvalue weighted by Crippen LogP contribution is -2.17. The molecule has 2 aromatic carbocycles. The van der Waals surface area contributed by atoms with E-state index in [1.165, 1.54) is 31.7 Å². The van der Waals surface area contributed by atoms with Crippen LogP contribution in [0.15, 0.2) is 34.7 Å². The molecule has 2 aliphatic rings. The lowest BCUT2D eigenvalue weighted by atomic mass is 9.84. The Morgan fingerprint density at radius 3 is 2.26 bits per heavy atom. The first-order valence-corrected chi connectivity index (χ1v) is 17.7. The molecule has 1 fully saturated rings. The Morgan fingerprint density at radius 2 is 1.67 bits per heavy atom. The Labute approximate surface area is 283 Å². The van der Waals surface area contributed by atoms with Crippen molar-refractivity contribution < 1.29 is 9.13 Å². The van der Waals surface area contributed by atoms with Crippen LogP contribution in [0.2, 0.25) is 5.02 Å². The van der Waals surface area contributed by atoms with Crippen molar-refractivity contribution in [2.24, 2.45) is 10.7 Å². The number of unbranched alkanes of at least 4 members (excludes halogenated alkanes) is 3. The van der Waals surface area contributed by atoms with E-state index in [0.717, 1.165) is 72.4 Å². The minimum atomic E-state index is -0.382. The Kier molecular flexibility index (Phi) is 17.1. The van der Waals surface area contributed by atoms with E-state index in [2.05, 4.69) is 44.7 Å². The number of benzene rings is 2. The Balaban J connectivity index is 0.00000114. The molecule has 46 heavy (non-hydrogen) atoms. The molecule has 0 aliphatic carbocycles. The van der Waals surface area contributed by atoms with Gasteiger partial charge in [-0.15, -0.1) is 0 Å². The standard InChI is InChI=1S/C33H40ClFN4O.C4H10.C2H6/c1-5-7-11-29(37)24(17-36)31-22(4)28(35)14-13-23(31)32-27-20-40-19-26(27)25(21(3)33(32)34)18-38-30(12-8-6-2)39-15-9-10-16-39;1-3-4-2;1-2/h12-14,18H,5-11,15-16,19-20,37H2,1-4H3;3-4H2,1-2H3;1-2H3/b29-24+,30-12-,38-18-;;. The summed E-state index contributed by atoms with van der Waals surface area (Å²) in [5.74, 6) is 0.627. The van der Waals surface area contributed by atoms with Crippen LogP contribution in [0.3, 0.4) is 0 Å². The normalized spacial score (nSPS) is 14.7. The number of ether oxygens (including phenoxy) is 1. The molecule has 2 heterocycles. The second-order valence-electron chi connectivity index (χ2n) is 11.7. The minimum Gasteiger partial charge on any atom is -0.401 e. The largest absolute Gasteiger partial charge is 0.401 e. The summed E-state index contributed by atoms with van der Waals surface area (Å²) >= 11 is 7.15. The molecule has 1 saturated heterocycles. The second-order valence-corrected chi connectivity index (χ2v) is 12.1. The zero-order chi connectivity index (χ0) is 34.2. The summed E-state index contributed by atoms with van der Waals surface area (Å²) in [5.41, 5.74) is 13.4. The van der Waals surface area contributed by atoms with Crippen molar-refractivity contribution >= 4 is 23.4 Å². The third-order valence-corrected chi connectivity index (χ3v) is 8.93. The average molecular weight is 651 g/mol. The van der Waals surface area contributed by atoms with Gasteiger partial charge in [-0.1, -0.05) is 84.9 Å². The van der Waals surface area contributed by atoms with E-state index in [4.69, 9.17) is 27.1 Å². The molecule has 2 aliphatic heterocycles. The smallest absolute Gasteiger partial charge is 0.126 e. The summed E-state index contributed by atoms with van der Waals surface area (Å²) in [7, 11) is 0. The summed E-state index contributed by atoms with van der Waals surface area (Å²) in [6.07, 6.45) is 13.6. The van der Waals surface area contributed by atoms with Gasteiger partial charge in [-0.3, -0.25) is 0 Å². The SMILES string of the molecule is CC.CCC/C=C(/N=C\c1c(C)c(Cl)c(-c2ccc(F)c(C)c2/C(C#N)=C(/N)CCCC)c2c1COC2)N1CCCC1.CCCC. The fourth-order valence-corrected chi connectivity index (χ4v) is 5.94. The molecule has 0 bridgehead atoms. The summed E-state index contributed by atoms with van der Waals surface area (Å²) in [6, 6.07) is 5.43. The van der Waals surface area contributed by atoms with E-state index in [0.29, 0.717) is 52.6 Å². The number of aliphatic imine (C=N–C) groups is 1. The quantitative estimate of drug-likeness (QED) is 0.194. The van der Waals surface area contributed by atoms with Crippen molar-refractivity contribution in [2.45, 2.75) is 126 Å². The van der Waals surface area contributed by atoms with Gasteiger partial charge in [0, 0.05) is 41.7 Å². The van der Waals surface area contributed by atoms with Crippen molar-refractivity contribution in [2.75, 3.05) is 13.1 Å². The summed E-state index contributed by atoms with van der Waals surface area (Å²) in [6.45, 7) is 19.2. The van der Waals surface area contributed by atoms with Crippen LogP contribution in [0.1, 0.15) is 133 Å². The van der Waals surface area contributed by atoms with Crippen molar-refractivity contribution in [3.8, 4) is 17.2 Å². The van der Waals surface area contributed by atoms with E-state index >= 15 is 0 Å². The molecule has 252 valence electrons. The van der Waals surface area contributed by atoms with Gasteiger partial charge < -0.3 is 15.4 Å². The maximum atomic E-state index is 14.9. The van der Waals surface area contributed by atoms with Crippen LogP contribution < -0.4 is 5.73 Å². The highest BCUT2D eigenvalue weighted by molar-refractivity contribution is 6.35. The molecular weight excluding hydrogens is 595 g/mol. The van der Waals surface area contributed by atoms with Gasteiger partial charge in [-0.2, -0.15) is 5.26 Å². The van der Waals surface area contributed by atoms with Gasteiger partial charge in [0.05, 0.1) is 23.8 Å². The number of likely N-dealkylation sites (tertiary alicyclic amines) is 1. The molecule has 5 nitrogen and oxygen atoms in total. The van der Waals surface area contributed by atoms with E-state index in [1.54, 1.807) is 13.0 Å². The van der Waals surface area contributed by atoms with Crippen molar-refractivity contribution in [1.29, 1.82) is 5.26 Å². The maximum absolute atomic E-state index is 14.9. The molecule has 0 saturated carbocycles. The highest BCUT2D eigenvalue weighted by atomic mass is 35.5. The topological polar surface area (TPSA) is 74.6 Å². The van der Waals surface area contributed by atoms with Crippen LogP contribution in [-0.4, -0.2) is 24.2 Å². The fraction of sp³-hybridized carbons (Fsp3) is 0.538. The van der Waals surface area contributed by atoms with Gasteiger partial charge in [0.1, 0.15) is 17.7 Å². The lowest BCUT2D eigenvalue weighted by Gasteiger charge is -2.21. The van der Waals surface area contributed by atoms with E-state index in [-0.39, 0.29) is 5.82 Å². The first kappa shape index (κ1) is 39.0. The zero-order valence-corrected chi connectivity index (χ0v) is 30.3. The van der Waals surface area contributed by atoms with Crippen LogP contribution in [0.5, 0.6) is 0 Å². The van der Waals surface area contributed by atoms with Crippen LogP contribution in [-0.2, 0) is 18.0 Å². The number of hydrogen-bond donors (Lipinski definition) is 1. The number of nitrogens with zero attached hydrogens (tertiary/aromatic N) is 3. The number of nitrogens with two attached hydrogens (primary N) is 1. The Hall–Kier alpha value is -3.14. The van der Waals surface area contributed by atoms with Crippen LogP contribution in [0.4, 0.5) is 4.39 Å². The second kappa shape index (κ2) is 20.2. The minimum absolute atomic E-state index is 0.309. The predicted octanol–water partition coefficient (Wildman–Crippen LogP) is 11.2. The number of halogens is 2. The number of fused-ring (bicyclic) bond motifs is 1. The van der Waals surface area contributed by atoms with E-state index in [9.17, 15) is 9.65 Å². The molecule has 0 radical (unpaired) electrons. The van der Waals surface area contributed by atoms with Gasteiger partial charge in [-0.05, 0) is 85.9 Å². The van der Waals surface area contributed by atoms with Gasteiger partial charge in [0.15, 0.2) is 0 Å². The summed E-state index contributed by atoms with van der Waals surface area (Å²) < 4.78 is 20.9. The first-order chi connectivity index (χ1) is 22.2. The molecule has 0 unspecified atom stereocenters. The number of nitriles is 1. The average Bonchev–Trinajstić information content (AvgIpc) is 3.79. The molecule has 2 N–H and O–H groups in total. The Bertz CT molecular complexity index is 1430. The molecule has 0 amide bonds.